The van der Waals surface area contributed by atoms with E-state index in [0.717, 1.165) is 9.87 Å². The smallest absolute Gasteiger partial charge is 0.251 e. The van der Waals surface area contributed by atoms with Crippen LogP contribution in [-0.2, 0) is 26.6 Å². The number of carbonyl (C=O) groups is 1. The van der Waals surface area contributed by atoms with Crippen molar-refractivity contribution in [2.24, 2.45) is 0 Å². The molecule has 0 saturated carbocycles. The summed E-state index contributed by atoms with van der Waals surface area (Å²) >= 11 is 0. The zero-order valence-corrected chi connectivity index (χ0v) is 17.8. The van der Waals surface area contributed by atoms with Gasteiger partial charge in [0.1, 0.15) is 0 Å². The van der Waals surface area contributed by atoms with E-state index >= 15 is 0 Å². The van der Waals surface area contributed by atoms with Gasteiger partial charge in [-0.2, -0.15) is 0 Å². The quantitative estimate of drug-likeness (QED) is 0.736. The van der Waals surface area contributed by atoms with Gasteiger partial charge in [-0.15, -0.1) is 0 Å². The van der Waals surface area contributed by atoms with E-state index in [4.69, 9.17) is 0 Å². The van der Waals surface area contributed by atoms with Crippen LogP contribution < -0.4 is 9.62 Å². The second-order valence-electron chi connectivity index (χ2n) is 6.90. The summed E-state index contributed by atoms with van der Waals surface area (Å²) in [6.45, 7) is 0.691. The van der Waals surface area contributed by atoms with Crippen molar-refractivity contribution in [2.45, 2.75) is 17.9 Å². The average molecular weight is 438 g/mol. The van der Waals surface area contributed by atoms with Crippen molar-refractivity contribution in [3.8, 4) is 0 Å². The Bertz CT molecular complexity index is 1090. The molecule has 0 unspecified atom stereocenters. The maximum atomic E-state index is 12.3. The maximum Gasteiger partial charge on any atom is 0.251 e. The number of amides is 1. The first-order valence-corrected chi connectivity index (χ1v) is 12.1. The molecule has 0 aromatic heterocycles. The topological polar surface area (TPSA) is 104 Å². The molecule has 0 spiro atoms. The third kappa shape index (κ3) is 4.60. The summed E-state index contributed by atoms with van der Waals surface area (Å²) in [5.41, 5.74) is 1.73. The van der Waals surface area contributed by atoms with E-state index in [2.05, 4.69) is 5.32 Å². The van der Waals surface area contributed by atoms with Crippen molar-refractivity contribution in [1.29, 1.82) is 0 Å². The number of rotatable bonds is 6. The Balaban J connectivity index is 1.62. The van der Waals surface area contributed by atoms with Gasteiger partial charge in [-0.3, -0.25) is 9.10 Å². The molecule has 1 N–H and O–H groups in total. The van der Waals surface area contributed by atoms with E-state index < -0.39 is 20.0 Å². The van der Waals surface area contributed by atoms with E-state index in [1.54, 1.807) is 36.4 Å². The van der Waals surface area contributed by atoms with E-state index in [1.807, 2.05) is 0 Å². The Labute approximate surface area is 171 Å². The van der Waals surface area contributed by atoms with Gasteiger partial charge < -0.3 is 5.32 Å². The number of nitrogens with zero attached hydrogens (tertiary/aromatic N) is 2. The van der Waals surface area contributed by atoms with Crippen molar-refractivity contribution in [3.63, 3.8) is 0 Å². The number of hydrogen-bond donors (Lipinski definition) is 1. The molecule has 1 amide bonds. The van der Waals surface area contributed by atoms with E-state index in [-0.39, 0.29) is 23.1 Å². The number of benzene rings is 2. The van der Waals surface area contributed by atoms with Gasteiger partial charge in [-0.05, 0) is 48.4 Å². The minimum absolute atomic E-state index is 0.143. The Hall–Kier alpha value is -2.43. The number of hydrogen-bond acceptors (Lipinski definition) is 5. The molecule has 0 atom stereocenters. The average Bonchev–Trinajstić information content (AvgIpc) is 3.05. The first kappa shape index (κ1) is 21.3. The summed E-state index contributed by atoms with van der Waals surface area (Å²) in [6, 6.07) is 12.7. The largest absolute Gasteiger partial charge is 0.348 e. The van der Waals surface area contributed by atoms with Crippen LogP contribution in [0.25, 0.3) is 0 Å². The predicted molar refractivity (Wildman–Crippen MR) is 111 cm³/mol. The summed E-state index contributed by atoms with van der Waals surface area (Å²) in [5, 5.41) is 2.77. The minimum Gasteiger partial charge on any atom is -0.348 e. The SMILES string of the molecule is CN(C)S(=O)(=O)c1ccc(CNC(=O)c2ccc(N3CCCS3(=O)=O)cc2)cc1. The molecule has 10 heteroatoms. The molecule has 0 radical (unpaired) electrons. The van der Waals surface area contributed by atoms with Crippen LogP contribution in [0.5, 0.6) is 0 Å². The van der Waals surface area contributed by atoms with Gasteiger partial charge in [0.2, 0.25) is 20.0 Å². The fourth-order valence-corrected chi connectivity index (χ4v) is 5.45. The lowest BCUT2D eigenvalue weighted by molar-refractivity contribution is 0.0951. The number of sulfonamides is 2. The molecular formula is C19H23N3O5S2. The highest BCUT2D eigenvalue weighted by Gasteiger charge is 2.28. The van der Waals surface area contributed by atoms with E-state index in [9.17, 15) is 21.6 Å². The molecular weight excluding hydrogens is 414 g/mol. The monoisotopic (exact) mass is 437 g/mol. The second kappa shape index (κ2) is 8.13. The fraction of sp³-hybridized carbons (Fsp3) is 0.316. The zero-order chi connectivity index (χ0) is 21.2. The van der Waals surface area contributed by atoms with Gasteiger partial charge in [-0.1, -0.05) is 12.1 Å². The van der Waals surface area contributed by atoms with Crippen molar-refractivity contribution >= 4 is 31.6 Å². The highest BCUT2D eigenvalue weighted by atomic mass is 32.2. The van der Waals surface area contributed by atoms with Crippen LogP contribution in [0.3, 0.4) is 0 Å². The number of nitrogens with one attached hydrogen (secondary N) is 1. The van der Waals surface area contributed by atoms with Crippen molar-refractivity contribution in [1.82, 2.24) is 9.62 Å². The molecule has 8 nitrogen and oxygen atoms in total. The van der Waals surface area contributed by atoms with Crippen LogP contribution in [0.15, 0.2) is 53.4 Å². The van der Waals surface area contributed by atoms with E-state index in [0.29, 0.717) is 24.2 Å². The summed E-state index contributed by atoms with van der Waals surface area (Å²) < 4.78 is 50.6. The standard InChI is InChI=1S/C19H23N3O5S2/c1-21(2)29(26,27)18-10-4-15(5-11-18)14-20-19(23)16-6-8-17(9-7-16)22-12-3-13-28(22,24)25/h4-11H,3,12-14H2,1-2H3,(H,20,23). The van der Waals surface area contributed by atoms with Gasteiger partial charge in [0, 0.05) is 32.7 Å². The van der Waals surface area contributed by atoms with Gasteiger partial charge >= 0.3 is 0 Å². The fourth-order valence-electron chi connectivity index (χ4n) is 2.98. The van der Waals surface area contributed by atoms with Gasteiger partial charge in [0.05, 0.1) is 16.3 Å². The molecule has 1 heterocycles. The molecule has 29 heavy (non-hydrogen) atoms. The Morgan fingerprint density at radius 3 is 2.21 bits per heavy atom. The molecule has 0 bridgehead atoms. The molecule has 1 aliphatic heterocycles. The molecule has 0 aliphatic carbocycles. The Kier molecular flexibility index (Phi) is 5.97. The summed E-state index contributed by atoms with van der Waals surface area (Å²) in [4.78, 5) is 12.5. The van der Waals surface area contributed by atoms with Crippen LogP contribution in [-0.4, -0.2) is 53.4 Å². The van der Waals surface area contributed by atoms with Crippen molar-refractivity contribution in [2.75, 3.05) is 30.7 Å². The third-order valence-corrected chi connectivity index (χ3v) is 8.37. The molecule has 156 valence electrons. The van der Waals surface area contributed by atoms with Gasteiger partial charge in [0.25, 0.3) is 5.91 Å². The van der Waals surface area contributed by atoms with Crippen LogP contribution >= 0.6 is 0 Å². The van der Waals surface area contributed by atoms with E-state index in [1.165, 1.54) is 30.5 Å². The highest BCUT2D eigenvalue weighted by Crippen LogP contribution is 2.24. The van der Waals surface area contributed by atoms with Crippen LogP contribution in [0.1, 0.15) is 22.3 Å². The highest BCUT2D eigenvalue weighted by molar-refractivity contribution is 7.93. The second-order valence-corrected chi connectivity index (χ2v) is 11.1. The summed E-state index contributed by atoms with van der Waals surface area (Å²) in [6.07, 6.45) is 0.596. The van der Waals surface area contributed by atoms with Crippen LogP contribution in [0.2, 0.25) is 0 Å². The van der Waals surface area contributed by atoms with Crippen molar-refractivity contribution < 1.29 is 21.6 Å². The van der Waals surface area contributed by atoms with Crippen LogP contribution in [0.4, 0.5) is 5.69 Å². The van der Waals surface area contributed by atoms with Gasteiger partial charge in [0.15, 0.2) is 0 Å². The number of carbonyl (C=O) groups excluding carboxylic acids is 1. The Morgan fingerprint density at radius 1 is 1.07 bits per heavy atom. The molecule has 1 aliphatic rings. The Morgan fingerprint density at radius 2 is 1.69 bits per heavy atom. The summed E-state index contributed by atoms with van der Waals surface area (Å²) in [5.74, 6) is -0.157. The third-order valence-electron chi connectivity index (χ3n) is 4.67. The predicted octanol–water partition coefficient (Wildman–Crippen LogP) is 1.41. The summed E-state index contributed by atoms with van der Waals surface area (Å²) in [7, 11) is -3.81. The molecule has 2 aromatic carbocycles. The zero-order valence-electron chi connectivity index (χ0n) is 16.2. The first-order chi connectivity index (χ1) is 13.6. The normalized spacial score (nSPS) is 16.2. The minimum atomic E-state index is -3.49. The first-order valence-electron chi connectivity index (χ1n) is 9.01. The van der Waals surface area contributed by atoms with Crippen molar-refractivity contribution in [3.05, 3.63) is 59.7 Å². The maximum absolute atomic E-state index is 12.3. The lowest BCUT2D eigenvalue weighted by Gasteiger charge is -2.17. The molecule has 3 rings (SSSR count). The lowest BCUT2D eigenvalue weighted by atomic mass is 10.1. The molecule has 1 fully saturated rings. The van der Waals surface area contributed by atoms with Gasteiger partial charge in [-0.25, -0.2) is 21.1 Å². The molecule has 1 saturated heterocycles. The molecule has 2 aromatic rings. The van der Waals surface area contributed by atoms with Crippen LogP contribution in [0, 0.1) is 0 Å². The number of anilines is 1. The lowest BCUT2D eigenvalue weighted by Crippen LogP contribution is -2.25.